The molecule has 0 aliphatic carbocycles. The van der Waals surface area contributed by atoms with E-state index in [0.717, 1.165) is 38.9 Å². The van der Waals surface area contributed by atoms with Crippen molar-refractivity contribution in [3.05, 3.63) is 28.8 Å². The van der Waals surface area contributed by atoms with Crippen LogP contribution in [0.1, 0.15) is 48.9 Å². The monoisotopic (exact) mass is 413 g/mol. The molecule has 150 valence electrons. The van der Waals surface area contributed by atoms with Crippen LogP contribution in [-0.2, 0) is 10.0 Å². The predicted octanol–water partition coefficient (Wildman–Crippen LogP) is 2.73. The van der Waals surface area contributed by atoms with Crippen LogP contribution in [0.5, 0.6) is 0 Å². The molecule has 1 aromatic rings. The van der Waals surface area contributed by atoms with E-state index in [1.165, 1.54) is 35.7 Å². The summed E-state index contributed by atoms with van der Waals surface area (Å²) in [4.78, 5) is 14.9. The van der Waals surface area contributed by atoms with Gasteiger partial charge in [-0.25, -0.2) is 8.42 Å². The van der Waals surface area contributed by atoms with Crippen molar-refractivity contribution in [1.29, 1.82) is 0 Å². The Morgan fingerprint density at radius 3 is 2.41 bits per heavy atom. The highest BCUT2D eigenvalue weighted by Crippen LogP contribution is 2.28. The highest BCUT2D eigenvalue weighted by atomic mass is 35.5. The van der Waals surface area contributed by atoms with E-state index in [9.17, 15) is 13.2 Å². The minimum Gasteiger partial charge on any atom is -0.352 e. The summed E-state index contributed by atoms with van der Waals surface area (Å²) in [7, 11) is -3.65. The predicted molar refractivity (Wildman–Crippen MR) is 107 cm³/mol. The molecule has 2 heterocycles. The average molecular weight is 414 g/mol. The van der Waals surface area contributed by atoms with E-state index in [2.05, 4.69) is 10.2 Å². The molecule has 6 nitrogen and oxygen atoms in total. The van der Waals surface area contributed by atoms with Gasteiger partial charge in [-0.1, -0.05) is 18.0 Å². The Morgan fingerprint density at radius 1 is 1.04 bits per heavy atom. The maximum atomic E-state index is 12.8. The lowest BCUT2D eigenvalue weighted by Gasteiger charge is -2.26. The minimum absolute atomic E-state index is 0.0204. The second kappa shape index (κ2) is 9.37. The van der Waals surface area contributed by atoms with E-state index in [0.29, 0.717) is 25.2 Å². The quantitative estimate of drug-likeness (QED) is 0.698. The molecule has 8 heteroatoms. The van der Waals surface area contributed by atoms with Gasteiger partial charge in [-0.3, -0.25) is 4.79 Å². The third-order valence-corrected chi connectivity index (χ3v) is 7.64. The lowest BCUT2D eigenvalue weighted by Crippen LogP contribution is -2.33. The van der Waals surface area contributed by atoms with Gasteiger partial charge in [0.2, 0.25) is 10.0 Å². The van der Waals surface area contributed by atoms with E-state index in [4.69, 9.17) is 11.6 Å². The van der Waals surface area contributed by atoms with Crippen LogP contribution in [-0.4, -0.2) is 62.8 Å². The number of likely N-dealkylation sites (tertiary alicyclic amines) is 1. The summed E-state index contributed by atoms with van der Waals surface area (Å²) in [5, 5.41) is 3.05. The lowest BCUT2D eigenvalue weighted by molar-refractivity contribution is 0.0951. The summed E-state index contributed by atoms with van der Waals surface area (Å²) in [6.07, 6.45) is 6.42. The molecule has 0 bridgehead atoms. The molecule has 0 saturated carbocycles. The van der Waals surface area contributed by atoms with Crippen molar-refractivity contribution in [2.24, 2.45) is 0 Å². The van der Waals surface area contributed by atoms with Crippen LogP contribution in [0.25, 0.3) is 0 Å². The zero-order valence-corrected chi connectivity index (χ0v) is 17.2. The van der Waals surface area contributed by atoms with Crippen LogP contribution < -0.4 is 5.32 Å². The molecular weight excluding hydrogens is 386 g/mol. The molecule has 0 unspecified atom stereocenters. The van der Waals surface area contributed by atoms with E-state index < -0.39 is 10.0 Å². The number of rotatable bonds is 7. The van der Waals surface area contributed by atoms with Gasteiger partial charge < -0.3 is 10.2 Å². The zero-order valence-electron chi connectivity index (χ0n) is 15.6. The van der Waals surface area contributed by atoms with Gasteiger partial charge in [-0.15, -0.1) is 0 Å². The van der Waals surface area contributed by atoms with Crippen LogP contribution in [0.4, 0.5) is 0 Å². The molecule has 0 aromatic heterocycles. The summed E-state index contributed by atoms with van der Waals surface area (Å²) in [6, 6.07) is 4.47. The topological polar surface area (TPSA) is 69.7 Å². The third-order valence-electron chi connectivity index (χ3n) is 5.26. The smallest absolute Gasteiger partial charge is 0.251 e. The van der Waals surface area contributed by atoms with Crippen molar-refractivity contribution in [2.75, 3.05) is 39.3 Å². The largest absolute Gasteiger partial charge is 0.352 e. The molecule has 2 saturated heterocycles. The van der Waals surface area contributed by atoms with Gasteiger partial charge in [-0.05, 0) is 69.9 Å². The Balaban J connectivity index is 1.58. The SMILES string of the molecule is O=C(NCCCN1CCCCC1)c1ccc(Cl)c(S(=O)(=O)N2CCCC2)c1. The van der Waals surface area contributed by atoms with Crippen LogP contribution >= 0.6 is 11.6 Å². The van der Waals surface area contributed by atoms with E-state index >= 15 is 0 Å². The standard InChI is InChI=1S/C19H28ClN3O3S/c20-17-8-7-16(15-18(17)27(25,26)23-13-4-5-14-23)19(24)21-9-6-12-22-10-2-1-3-11-22/h7-8,15H,1-6,9-14H2,(H,21,24). The van der Waals surface area contributed by atoms with Gasteiger partial charge in [0.25, 0.3) is 5.91 Å². The Hall–Kier alpha value is -1.15. The number of amides is 1. The zero-order chi connectivity index (χ0) is 19.3. The molecule has 3 rings (SSSR count). The molecule has 0 atom stereocenters. The second-order valence-corrected chi connectivity index (χ2v) is 9.58. The Kier molecular flexibility index (Phi) is 7.14. The number of hydrogen-bond acceptors (Lipinski definition) is 4. The first kappa shape index (κ1) is 20.6. The van der Waals surface area contributed by atoms with Gasteiger partial charge in [0.05, 0.1) is 5.02 Å². The van der Waals surface area contributed by atoms with E-state index in [-0.39, 0.29) is 15.8 Å². The maximum absolute atomic E-state index is 12.8. The first-order chi connectivity index (χ1) is 13.0. The Labute approximate surface area is 166 Å². The normalized spacial score (nSPS) is 19.3. The molecule has 2 fully saturated rings. The van der Waals surface area contributed by atoms with Gasteiger partial charge in [-0.2, -0.15) is 4.31 Å². The number of carbonyl (C=O) groups is 1. The van der Waals surface area contributed by atoms with Gasteiger partial charge in [0.15, 0.2) is 0 Å². The first-order valence-corrected chi connectivity index (χ1v) is 11.6. The number of carbonyl (C=O) groups excluding carboxylic acids is 1. The maximum Gasteiger partial charge on any atom is 0.251 e. The van der Waals surface area contributed by atoms with Crippen molar-refractivity contribution in [1.82, 2.24) is 14.5 Å². The number of nitrogens with one attached hydrogen (secondary N) is 1. The molecule has 1 N–H and O–H groups in total. The van der Waals surface area contributed by atoms with Gasteiger partial charge in [0, 0.05) is 25.2 Å². The molecule has 1 amide bonds. The van der Waals surface area contributed by atoms with Crippen molar-refractivity contribution in [3.8, 4) is 0 Å². The summed E-state index contributed by atoms with van der Waals surface area (Å²) in [5.74, 6) is -0.261. The van der Waals surface area contributed by atoms with Crippen LogP contribution in [0.15, 0.2) is 23.1 Å². The number of hydrogen-bond donors (Lipinski definition) is 1. The van der Waals surface area contributed by atoms with Crippen LogP contribution in [0.3, 0.4) is 0 Å². The number of piperidine rings is 1. The Morgan fingerprint density at radius 2 is 1.70 bits per heavy atom. The summed E-state index contributed by atoms with van der Waals surface area (Å²) in [6.45, 7) is 4.85. The number of benzene rings is 1. The van der Waals surface area contributed by atoms with E-state index in [1.54, 1.807) is 6.07 Å². The molecule has 0 radical (unpaired) electrons. The number of halogens is 1. The molecule has 27 heavy (non-hydrogen) atoms. The van der Waals surface area contributed by atoms with Crippen LogP contribution in [0.2, 0.25) is 5.02 Å². The molecule has 1 aromatic carbocycles. The number of nitrogens with zero attached hydrogens (tertiary/aromatic N) is 2. The van der Waals surface area contributed by atoms with Crippen molar-refractivity contribution in [2.45, 2.75) is 43.4 Å². The number of sulfonamides is 1. The van der Waals surface area contributed by atoms with Gasteiger partial charge in [0.1, 0.15) is 4.90 Å². The summed E-state index contributed by atoms with van der Waals surface area (Å²) in [5.41, 5.74) is 0.329. The highest BCUT2D eigenvalue weighted by Gasteiger charge is 2.29. The fourth-order valence-corrected chi connectivity index (χ4v) is 5.72. The Bertz CT molecular complexity index is 757. The van der Waals surface area contributed by atoms with Crippen molar-refractivity contribution in [3.63, 3.8) is 0 Å². The molecular formula is C19H28ClN3O3S. The first-order valence-electron chi connectivity index (χ1n) is 9.79. The average Bonchev–Trinajstić information content (AvgIpc) is 3.22. The van der Waals surface area contributed by atoms with E-state index in [1.807, 2.05) is 0 Å². The second-order valence-electron chi connectivity index (χ2n) is 7.27. The highest BCUT2D eigenvalue weighted by molar-refractivity contribution is 7.89. The molecule has 2 aliphatic heterocycles. The van der Waals surface area contributed by atoms with Crippen LogP contribution in [0, 0.1) is 0 Å². The molecule has 2 aliphatic rings. The fraction of sp³-hybridized carbons (Fsp3) is 0.632. The van der Waals surface area contributed by atoms with Crippen molar-refractivity contribution < 1.29 is 13.2 Å². The minimum atomic E-state index is -3.65. The summed E-state index contributed by atoms with van der Waals surface area (Å²) < 4.78 is 27.0. The fourth-order valence-electron chi connectivity index (χ4n) is 3.70. The van der Waals surface area contributed by atoms with Crippen molar-refractivity contribution >= 4 is 27.5 Å². The van der Waals surface area contributed by atoms with Gasteiger partial charge >= 0.3 is 0 Å². The molecule has 0 spiro atoms. The summed E-state index contributed by atoms with van der Waals surface area (Å²) >= 11 is 6.13. The third kappa shape index (κ3) is 5.22. The lowest BCUT2D eigenvalue weighted by atomic mass is 10.1.